The van der Waals surface area contributed by atoms with Gasteiger partial charge in [-0.2, -0.15) is 0 Å². The molecule has 2 atom stereocenters. The third-order valence-corrected chi connectivity index (χ3v) is 3.79. The SMILES string of the molecule is CCC1Oc2ccc([N+](=O)[O-])nc2N(CC(C)C(N)=S)C1=O. The fraction of sp³-hybridized carbons (Fsp3) is 0.462. The summed E-state index contributed by atoms with van der Waals surface area (Å²) in [6.07, 6.45) is -0.165. The van der Waals surface area contributed by atoms with Gasteiger partial charge in [0.05, 0.1) is 4.99 Å². The van der Waals surface area contributed by atoms with Crippen LogP contribution in [0.1, 0.15) is 20.3 Å². The van der Waals surface area contributed by atoms with Crippen LogP contribution in [0.3, 0.4) is 0 Å². The Hall–Kier alpha value is -2.29. The maximum atomic E-state index is 12.5. The Morgan fingerprint density at radius 2 is 2.32 bits per heavy atom. The number of aromatic nitrogens is 1. The molecule has 0 aliphatic carbocycles. The summed E-state index contributed by atoms with van der Waals surface area (Å²) in [5.41, 5.74) is 5.60. The zero-order valence-corrected chi connectivity index (χ0v) is 13.0. The van der Waals surface area contributed by atoms with E-state index in [1.54, 1.807) is 6.92 Å². The summed E-state index contributed by atoms with van der Waals surface area (Å²) >= 11 is 4.93. The molecule has 2 unspecified atom stereocenters. The second kappa shape index (κ2) is 6.22. The predicted octanol–water partition coefficient (Wildman–Crippen LogP) is 1.42. The number of carbonyl (C=O) groups excluding carboxylic acids is 1. The smallest absolute Gasteiger partial charge is 0.366 e. The molecule has 118 valence electrons. The van der Waals surface area contributed by atoms with E-state index in [9.17, 15) is 14.9 Å². The van der Waals surface area contributed by atoms with E-state index in [2.05, 4.69) is 4.98 Å². The lowest BCUT2D eigenvalue weighted by atomic mass is 10.1. The van der Waals surface area contributed by atoms with Crippen LogP contribution < -0.4 is 15.4 Å². The van der Waals surface area contributed by atoms with E-state index < -0.39 is 11.0 Å². The monoisotopic (exact) mass is 324 g/mol. The van der Waals surface area contributed by atoms with Crippen molar-refractivity contribution in [1.82, 2.24) is 4.98 Å². The molecule has 0 saturated heterocycles. The molecule has 8 nitrogen and oxygen atoms in total. The molecule has 1 aliphatic heterocycles. The molecule has 1 amide bonds. The fourth-order valence-electron chi connectivity index (χ4n) is 2.09. The Morgan fingerprint density at radius 1 is 1.64 bits per heavy atom. The largest absolute Gasteiger partial charge is 0.474 e. The number of anilines is 1. The minimum atomic E-state index is -0.644. The number of nitrogens with zero attached hydrogens (tertiary/aromatic N) is 3. The van der Waals surface area contributed by atoms with Crippen LogP contribution in [0.2, 0.25) is 0 Å². The van der Waals surface area contributed by atoms with Gasteiger partial charge in [-0.3, -0.25) is 9.69 Å². The topological polar surface area (TPSA) is 112 Å². The van der Waals surface area contributed by atoms with Crippen LogP contribution in [0.5, 0.6) is 5.75 Å². The Morgan fingerprint density at radius 3 is 2.86 bits per heavy atom. The molecule has 0 bridgehead atoms. The van der Waals surface area contributed by atoms with E-state index in [4.69, 9.17) is 22.7 Å². The van der Waals surface area contributed by atoms with Gasteiger partial charge in [0, 0.05) is 18.5 Å². The summed E-state index contributed by atoms with van der Waals surface area (Å²) in [7, 11) is 0. The molecule has 0 aromatic carbocycles. The summed E-state index contributed by atoms with van der Waals surface area (Å²) in [4.78, 5) is 28.3. The molecule has 1 aromatic heterocycles. The molecule has 1 aromatic rings. The molecule has 2 N–H and O–H groups in total. The van der Waals surface area contributed by atoms with Gasteiger partial charge >= 0.3 is 5.82 Å². The van der Waals surface area contributed by atoms with Crippen molar-refractivity contribution < 1.29 is 14.5 Å². The highest BCUT2D eigenvalue weighted by molar-refractivity contribution is 7.80. The first-order valence-corrected chi connectivity index (χ1v) is 7.18. The van der Waals surface area contributed by atoms with Gasteiger partial charge in [0.15, 0.2) is 11.9 Å². The van der Waals surface area contributed by atoms with Crippen molar-refractivity contribution in [2.24, 2.45) is 11.7 Å². The zero-order valence-electron chi connectivity index (χ0n) is 12.2. The summed E-state index contributed by atoms with van der Waals surface area (Å²) in [5, 5.41) is 10.9. The average Bonchev–Trinajstić information content (AvgIpc) is 2.48. The number of hydrogen-bond donors (Lipinski definition) is 1. The Bertz CT molecular complexity index is 636. The molecule has 0 radical (unpaired) electrons. The Labute approximate surface area is 132 Å². The highest BCUT2D eigenvalue weighted by atomic mass is 32.1. The number of rotatable bonds is 5. The minimum Gasteiger partial charge on any atom is -0.474 e. The first kappa shape index (κ1) is 16.1. The Balaban J connectivity index is 2.45. The quantitative estimate of drug-likeness (QED) is 0.495. The lowest BCUT2D eigenvalue weighted by Crippen LogP contribution is -2.49. The number of pyridine rings is 1. The molecule has 9 heteroatoms. The van der Waals surface area contributed by atoms with Gasteiger partial charge in [0.1, 0.15) is 0 Å². The molecule has 2 rings (SSSR count). The van der Waals surface area contributed by atoms with E-state index in [1.807, 2.05) is 6.92 Å². The lowest BCUT2D eigenvalue weighted by molar-refractivity contribution is -0.389. The summed E-state index contributed by atoms with van der Waals surface area (Å²) in [6, 6.07) is 2.70. The van der Waals surface area contributed by atoms with Crippen molar-refractivity contribution >= 4 is 34.7 Å². The van der Waals surface area contributed by atoms with Gasteiger partial charge in [0.25, 0.3) is 11.7 Å². The third kappa shape index (κ3) is 2.98. The zero-order chi connectivity index (χ0) is 16.4. The number of hydrogen-bond acceptors (Lipinski definition) is 6. The number of thiocarbonyl (C=S) groups is 1. The van der Waals surface area contributed by atoms with E-state index in [-0.39, 0.29) is 35.0 Å². The first-order valence-electron chi connectivity index (χ1n) is 6.78. The minimum absolute atomic E-state index is 0.131. The van der Waals surface area contributed by atoms with Crippen LogP contribution in [0.15, 0.2) is 12.1 Å². The second-order valence-electron chi connectivity index (χ2n) is 5.02. The molecular weight excluding hydrogens is 308 g/mol. The lowest BCUT2D eigenvalue weighted by Gasteiger charge is -2.32. The van der Waals surface area contributed by atoms with Crippen molar-refractivity contribution in [2.45, 2.75) is 26.4 Å². The molecular formula is C13H16N4O4S. The second-order valence-corrected chi connectivity index (χ2v) is 5.49. The Kier molecular flexibility index (Phi) is 4.55. The standard InChI is InChI=1S/C13H16N4O4S/c1-3-8-13(18)16(6-7(2)11(14)22)12-9(21-8)4-5-10(15-12)17(19)20/h4-5,7-8H,3,6H2,1-2H3,(H2,14,22). The number of nitro groups is 1. The number of ether oxygens (including phenoxy) is 1. The molecule has 0 fully saturated rings. The van der Waals surface area contributed by atoms with E-state index in [0.29, 0.717) is 12.2 Å². The number of amides is 1. The average molecular weight is 324 g/mol. The maximum Gasteiger partial charge on any atom is 0.366 e. The van der Waals surface area contributed by atoms with Crippen LogP contribution in [-0.2, 0) is 4.79 Å². The highest BCUT2D eigenvalue weighted by Gasteiger charge is 2.38. The third-order valence-electron chi connectivity index (χ3n) is 3.39. The van der Waals surface area contributed by atoms with Gasteiger partial charge < -0.3 is 20.6 Å². The van der Waals surface area contributed by atoms with Crippen molar-refractivity contribution in [3.05, 3.63) is 22.2 Å². The number of carbonyl (C=O) groups is 1. The van der Waals surface area contributed by atoms with Crippen molar-refractivity contribution in [3.8, 4) is 5.75 Å². The summed E-state index contributed by atoms with van der Waals surface area (Å²) in [5.74, 6) is -0.424. The van der Waals surface area contributed by atoms with E-state index in [1.165, 1.54) is 17.0 Å². The molecule has 2 heterocycles. The van der Waals surface area contributed by atoms with Crippen molar-refractivity contribution in [3.63, 3.8) is 0 Å². The summed E-state index contributed by atoms with van der Waals surface area (Å²) in [6.45, 7) is 3.81. The van der Waals surface area contributed by atoms with Crippen LogP contribution >= 0.6 is 12.2 Å². The van der Waals surface area contributed by atoms with Gasteiger partial charge in [0.2, 0.25) is 0 Å². The van der Waals surface area contributed by atoms with E-state index >= 15 is 0 Å². The van der Waals surface area contributed by atoms with Gasteiger partial charge in [-0.1, -0.05) is 26.1 Å². The van der Waals surface area contributed by atoms with Crippen molar-refractivity contribution in [2.75, 3.05) is 11.4 Å². The maximum absolute atomic E-state index is 12.5. The molecule has 22 heavy (non-hydrogen) atoms. The number of nitrogens with two attached hydrogens (primary N) is 1. The van der Waals surface area contributed by atoms with Gasteiger partial charge in [-0.25, -0.2) is 0 Å². The van der Waals surface area contributed by atoms with Crippen LogP contribution in [0.25, 0.3) is 0 Å². The first-order chi connectivity index (χ1) is 10.3. The van der Waals surface area contributed by atoms with Crippen LogP contribution in [0, 0.1) is 16.0 Å². The number of fused-ring (bicyclic) bond motifs is 1. The highest BCUT2D eigenvalue weighted by Crippen LogP contribution is 2.35. The van der Waals surface area contributed by atoms with E-state index in [0.717, 1.165) is 0 Å². The van der Waals surface area contributed by atoms with Gasteiger partial charge in [-0.05, 0) is 22.4 Å². The van der Waals surface area contributed by atoms with Crippen molar-refractivity contribution in [1.29, 1.82) is 0 Å². The molecule has 0 saturated carbocycles. The van der Waals surface area contributed by atoms with Gasteiger partial charge in [-0.15, -0.1) is 0 Å². The normalized spacial score (nSPS) is 18.4. The van der Waals surface area contributed by atoms with Crippen LogP contribution in [-0.4, -0.2) is 33.5 Å². The van der Waals surface area contributed by atoms with Crippen LogP contribution in [0.4, 0.5) is 11.6 Å². The summed E-state index contributed by atoms with van der Waals surface area (Å²) < 4.78 is 5.56. The molecule has 1 aliphatic rings. The predicted molar refractivity (Wildman–Crippen MR) is 83.9 cm³/mol. The molecule has 0 spiro atoms. The fourth-order valence-corrected chi connectivity index (χ4v) is 2.17.